The van der Waals surface area contributed by atoms with Crippen LogP contribution in [0, 0.1) is 6.92 Å². The number of carbonyl (C=O) groups excluding carboxylic acids is 1. The highest BCUT2D eigenvalue weighted by Gasteiger charge is 2.15. The molecule has 0 aliphatic carbocycles. The number of aryl methyl sites for hydroxylation is 1. The lowest BCUT2D eigenvalue weighted by molar-refractivity contribution is -0.116. The van der Waals surface area contributed by atoms with Crippen LogP contribution >= 0.6 is 22.9 Å². The molecule has 2 heterocycles. The average Bonchev–Trinajstić information content (AvgIpc) is 3.09. The summed E-state index contributed by atoms with van der Waals surface area (Å²) < 4.78 is 7.38. The number of halogens is 1. The fraction of sp³-hybridized carbons (Fsp3) is 0.118. The Kier molecular flexibility index (Phi) is 3.82. The zero-order chi connectivity index (χ0) is 17.6. The number of para-hydroxylation sites is 1. The Balaban J connectivity index is 1.61. The van der Waals surface area contributed by atoms with Gasteiger partial charge >= 0.3 is 5.76 Å². The number of amides is 1. The van der Waals surface area contributed by atoms with E-state index in [-0.39, 0.29) is 12.5 Å². The lowest BCUT2D eigenvalue weighted by Crippen LogP contribution is -2.24. The summed E-state index contributed by atoms with van der Waals surface area (Å²) in [7, 11) is 0. The van der Waals surface area contributed by atoms with Crippen LogP contribution in [0.2, 0.25) is 5.02 Å². The monoisotopic (exact) mass is 373 g/mol. The number of thiazole rings is 1. The highest BCUT2D eigenvalue weighted by molar-refractivity contribution is 7.22. The van der Waals surface area contributed by atoms with Gasteiger partial charge in [0.05, 0.1) is 15.7 Å². The number of carbonyl (C=O) groups is 1. The summed E-state index contributed by atoms with van der Waals surface area (Å²) in [6.07, 6.45) is 0. The van der Waals surface area contributed by atoms with Gasteiger partial charge in [0.15, 0.2) is 10.7 Å². The number of anilines is 1. The number of benzene rings is 2. The second-order valence-electron chi connectivity index (χ2n) is 5.56. The van der Waals surface area contributed by atoms with E-state index >= 15 is 0 Å². The molecule has 0 atom stereocenters. The van der Waals surface area contributed by atoms with E-state index in [9.17, 15) is 9.59 Å². The Hall–Kier alpha value is -2.64. The molecule has 0 bridgehead atoms. The number of nitrogens with zero attached hydrogens (tertiary/aromatic N) is 2. The number of nitrogens with one attached hydrogen (secondary N) is 1. The van der Waals surface area contributed by atoms with Crippen LogP contribution in [0.5, 0.6) is 0 Å². The largest absolute Gasteiger partial charge is 0.420 e. The van der Waals surface area contributed by atoms with E-state index in [0.29, 0.717) is 21.3 Å². The molecule has 6 nitrogen and oxygen atoms in total. The summed E-state index contributed by atoms with van der Waals surface area (Å²) in [5, 5.41) is 3.70. The lowest BCUT2D eigenvalue weighted by Gasteiger charge is -2.02. The maximum absolute atomic E-state index is 12.3. The van der Waals surface area contributed by atoms with Crippen LogP contribution in [-0.2, 0) is 11.3 Å². The summed E-state index contributed by atoms with van der Waals surface area (Å²) >= 11 is 7.28. The molecule has 0 saturated heterocycles. The second-order valence-corrected chi connectivity index (χ2v) is 7.02. The van der Waals surface area contributed by atoms with Crippen molar-refractivity contribution in [1.29, 1.82) is 0 Å². The van der Waals surface area contributed by atoms with Crippen LogP contribution in [0.3, 0.4) is 0 Å². The first kappa shape index (κ1) is 15.9. The average molecular weight is 374 g/mol. The van der Waals surface area contributed by atoms with Gasteiger partial charge in [-0.15, -0.1) is 0 Å². The molecule has 126 valence electrons. The molecule has 0 spiro atoms. The van der Waals surface area contributed by atoms with Crippen molar-refractivity contribution in [3.8, 4) is 0 Å². The minimum Gasteiger partial charge on any atom is -0.408 e. The number of rotatable bonds is 3. The van der Waals surface area contributed by atoms with E-state index < -0.39 is 5.76 Å². The lowest BCUT2D eigenvalue weighted by atomic mass is 10.2. The Morgan fingerprint density at radius 2 is 2.20 bits per heavy atom. The van der Waals surface area contributed by atoms with E-state index in [1.54, 1.807) is 18.2 Å². The molecule has 25 heavy (non-hydrogen) atoms. The van der Waals surface area contributed by atoms with Gasteiger partial charge in [-0.25, -0.2) is 9.78 Å². The predicted octanol–water partition coefficient (Wildman–Crippen LogP) is 3.80. The molecule has 0 saturated carbocycles. The molecular weight excluding hydrogens is 362 g/mol. The number of hydrogen-bond acceptors (Lipinski definition) is 5. The molecule has 4 aromatic rings. The molecule has 0 aliphatic heterocycles. The third-order valence-corrected chi connectivity index (χ3v) is 4.97. The molecule has 1 N–H and O–H groups in total. The third-order valence-electron chi connectivity index (χ3n) is 3.80. The van der Waals surface area contributed by atoms with Gasteiger partial charge in [0, 0.05) is 11.1 Å². The van der Waals surface area contributed by atoms with E-state index in [4.69, 9.17) is 16.0 Å². The van der Waals surface area contributed by atoms with Gasteiger partial charge in [-0.3, -0.25) is 9.36 Å². The van der Waals surface area contributed by atoms with Crippen molar-refractivity contribution in [1.82, 2.24) is 9.55 Å². The molecule has 4 rings (SSSR count). The second kappa shape index (κ2) is 6.02. The third kappa shape index (κ3) is 2.92. The van der Waals surface area contributed by atoms with Gasteiger partial charge in [0.1, 0.15) is 6.54 Å². The van der Waals surface area contributed by atoms with Crippen molar-refractivity contribution in [3.63, 3.8) is 0 Å². The van der Waals surface area contributed by atoms with Crippen molar-refractivity contribution in [3.05, 3.63) is 57.5 Å². The van der Waals surface area contributed by atoms with Gasteiger partial charge in [0.2, 0.25) is 5.91 Å². The van der Waals surface area contributed by atoms with Crippen molar-refractivity contribution < 1.29 is 9.21 Å². The van der Waals surface area contributed by atoms with Gasteiger partial charge in [0.25, 0.3) is 0 Å². The highest BCUT2D eigenvalue weighted by Crippen LogP contribution is 2.28. The summed E-state index contributed by atoms with van der Waals surface area (Å²) in [4.78, 5) is 28.8. The first-order valence-electron chi connectivity index (χ1n) is 7.46. The minimum atomic E-state index is -0.604. The summed E-state index contributed by atoms with van der Waals surface area (Å²) in [5.41, 5.74) is 2.78. The SMILES string of the molecule is Cc1cccc2sc(NC(=O)Cn3c(=O)oc4cc(Cl)ccc43)nc12. The Bertz CT molecular complexity index is 1180. The Morgan fingerprint density at radius 1 is 1.36 bits per heavy atom. The number of aromatic nitrogens is 2. The van der Waals surface area contributed by atoms with Crippen molar-refractivity contribution in [2.45, 2.75) is 13.5 Å². The first-order chi connectivity index (χ1) is 12.0. The maximum Gasteiger partial charge on any atom is 0.420 e. The van der Waals surface area contributed by atoms with Gasteiger partial charge in [-0.2, -0.15) is 0 Å². The van der Waals surface area contributed by atoms with Crippen molar-refractivity contribution in [2.24, 2.45) is 0 Å². The number of hydrogen-bond donors (Lipinski definition) is 1. The molecule has 0 radical (unpaired) electrons. The summed E-state index contributed by atoms with van der Waals surface area (Å²) in [6.45, 7) is 1.80. The smallest absolute Gasteiger partial charge is 0.408 e. The fourth-order valence-corrected chi connectivity index (χ4v) is 3.75. The molecule has 1 amide bonds. The van der Waals surface area contributed by atoms with Crippen LogP contribution in [-0.4, -0.2) is 15.5 Å². The quantitative estimate of drug-likeness (QED) is 0.592. The van der Waals surface area contributed by atoms with E-state index in [1.165, 1.54) is 15.9 Å². The summed E-state index contributed by atoms with van der Waals surface area (Å²) in [6, 6.07) is 10.7. The van der Waals surface area contributed by atoms with E-state index in [1.807, 2.05) is 25.1 Å². The minimum absolute atomic E-state index is 0.164. The Labute approximate surface area is 150 Å². The number of oxazole rings is 1. The molecule has 0 unspecified atom stereocenters. The predicted molar refractivity (Wildman–Crippen MR) is 98.5 cm³/mol. The van der Waals surface area contributed by atoms with Gasteiger partial charge in [-0.05, 0) is 30.7 Å². The van der Waals surface area contributed by atoms with Gasteiger partial charge in [-0.1, -0.05) is 35.1 Å². The highest BCUT2D eigenvalue weighted by atomic mass is 35.5. The standard InChI is InChI=1S/C17H12ClN3O3S/c1-9-3-2-4-13-15(9)20-16(25-13)19-14(22)8-21-11-6-5-10(18)7-12(11)24-17(21)23/h2-7H,8H2,1H3,(H,19,20,22). The summed E-state index contributed by atoms with van der Waals surface area (Å²) in [5.74, 6) is -0.955. The van der Waals surface area contributed by atoms with Gasteiger partial charge < -0.3 is 9.73 Å². The normalized spacial score (nSPS) is 11.3. The van der Waals surface area contributed by atoms with Crippen LogP contribution < -0.4 is 11.1 Å². The molecule has 8 heteroatoms. The molecule has 2 aromatic heterocycles. The van der Waals surface area contributed by atoms with E-state index in [2.05, 4.69) is 10.3 Å². The van der Waals surface area contributed by atoms with Crippen LogP contribution in [0.15, 0.2) is 45.6 Å². The molecule has 2 aromatic carbocycles. The van der Waals surface area contributed by atoms with Crippen LogP contribution in [0.1, 0.15) is 5.56 Å². The number of fused-ring (bicyclic) bond motifs is 2. The van der Waals surface area contributed by atoms with E-state index in [0.717, 1.165) is 15.8 Å². The molecular formula is C17H12ClN3O3S. The van der Waals surface area contributed by atoms with Crippen LogP contribution in [0.25, 0.3) is 21.3 Å². The van der Waals surface area contributed by atoms with Crippen LogP contribution in [0.4, 0.5) is 5.13 Å². The topological polar surface area (TPSA) is 77.1 Å². The fourth-order valence-electron chi connectivity index (χ4n) is 2.63. The maximum atomic E-state index is 12.3. The first-order valence-corrected chi connectivity index (χ1v) is 8.65. The molecule has 0 fully saturated rings. The van der Waals surface area contributed by atoms with Crippen molar-refractivity contribution in [2.75, 3.05) is 5.32 Å². The zero-order valence-corrected chi connectivity index (χ0v) is 14.6. The molecule has 0 aliphatic rings. The van der Waals surface area contributed by atoms with Crippen molar-refractivity contribution >= 4 is 55.3 Å². The zero-order valence-electron chi connectivity index (χ0n) is 13.1. The Morgan fingerprint density at radius 3 is 3.00 bits per heavy atom.